The Bertz CT molecular complexity index is 562. The summed E-state index contributed by atoms with van der Waals surface area (Å²) in [5.74, 6) is 0. The van der Waals surface area contributed by atoms with Crippen LogP contribution < -0.4 is 10.6 Å². The minimum absolute atomic E-state index is 0.531. The average Bonchev–Trinajstić information content (AvgIpc) is 2.63. The zero-order valence-electron chi connectivity index (χ0n) is 15.9. The van der Waals surface area contributed by atoms with Gasteiger partial charge in [0, 0.05) is 23.1 Å². The predicted molar refractivity (Wildman–Crippen MR) is 112 cm³/mol. The first-order valence-electron chi connectivity index (χ1n) is 9.96. The van der Waals surface area contributed by atoms with Gasteiger partial charge in [0.25, 0.3) is 0 Å². The maximum atomic E-state index is 3.62. The second-order valence-corrected chi connectivity index (χ2v) is 7.02. The molecule has 136 valence electrons. The van der Waals surface area contributed by atoms with Crippen molar-refractivity contribution in [1.29, 1.82) is 0 Å². The van der Waals surface area contributed by atoms with Gasteiger partial charge in [-0.2, -0.15) is 0 Å². The van der Waals surface area contributed by atoms with Gasteiger partial charge in [-0.05, 0) is 49.7 Å². The van der Waals surface area contributed by atoms with Crippen molar-refractivity contribution in [3.63, 3.8) is 0 Å². The maximum absolute atomic E-state index is 3.62. The van der Waals surface area contributed by atoms with E-state index in [0.717, 1.165) is 11.4 Å². The normalized spacial score (nSPS) is 11.9. The van der Waals surface area contributed by atoms with E-state index in [1.807, 2.05) is 18.2 Å². The number of nitrogens with one attached hydrogen (secondary N) is 2. The smallest absolute Gasteiger partial charge is 0.0385 e. The Kier molecular flexibility index (Phi) is 8.96. The summed E-state index contributed by atoms with van der Waals surface area (Å²) in [4.78, 5) is 0. The predicted octanol–water partition coefficient (Wildman–Crippen LogP) is 7.37. The molecule has 2 rings (SSSR count). The molecule has 0 spiro atoms. The first-order valence-corrected chi connectivity index (χ1v) is 9.96. The standard InChI is InChI=1S/C23H34N2/c1-3-4-5-6-7-8-10-13-20(2)24-22-16-18-23(19-17-22)25-21-14-11-9-12-15-21/h9,11-12,14-20,24-25H,3-8,10,13H2,1-2H3. The van der Waals surface area contributed by atoms with E-state index in [1.165, 1.54) is 57.1 Å². The van der Waals surface area contributed by atoms with Crippen LogP contribution in [0.4, 0.5) is 17.1 Å². The SMILES string of the molecule is CCCCCCCCCC(C)Nc1ccc(Nc2ccccc2)cc1. The van der Waals surface area contributed by atoms with Crippen LogP contribution in [0.5, 0.6) is 0 Å². The highest BCUT2D eigenvalue weighted by Crippen LogP contribution is 2.20. The lowest BCUT2D eigenvalue weighted by Gasteiger charge is -2.16. The van der Waals surface area contributed by atoms with Crippen molar-refractivity contribution < 1.29 is 0 Å². The van der Waals surface area contributed by atoms with Crippen molar-refractivity contribution >= 4 is 17.1 Å². The van der Waals surface area contributed by atoms with Crippen LogP contribution in [-0.2, 0) is 0 Å². The lowest BCUT2D eigenvalue weighted by molar-refractivity contribution is 0.558. The fourth-order valence-electron chi connectivity index (χ4n) is 3.10. The molecule has 0 heterocycles. The molecule has 2 nitrogen and oxygen atoms in total. The Morgan fingerprint density at radius 2 is 1.24 bits per heavy atom. The second kappa shape index (κ2) is 11.6. The van der Waals surface area contributed by atoms with Crippen LogP contribution in [0.3, 0.4) is 0 Å². The third-order valence-electron chi connectivity index (χ3n) is 4.60. The van der Waals surface area contributed by atoms with Crippen molar-refractivity contribution in [3.05, 3.63) is 54.6 Å². The van der Waals surface area contributed by atoms with E-state index >= 15 is 0 Å². The van der Waals surface area contributed by atoms with Crippen molar-refractivity contribution in [1.82, 2.24) is 0 Å². The van der Waals surface area contributed by atoms with Crippen LogP contribution in [0.1, 0.15) is 65.2 Å². The summed E-state index contributed by atoms with van der Waals surface area (Å²) in [6, 6.07) is 19.4. The van der Waals surface area contributed by atoms with Crippen LogP contribution in [0, 0.1) is 0 Å². The van der Waals surface area contributed by atoms with Crippen molar-refractivity contribution in [2.24, 2.45) is 0 Å². The van der Waals surface area contributed by atoms with E-state index in [-0.39, 0.29) is 0 Å². The summed E-state index contributed by atoms with van der Waals surface area (Å²) in [6.07, 6.45) is 10.9. The molecule has 2 N–H and O–H groups in total. The molecule has 0 aliphatic rings. The largest absolute Gasteiger partial charge is 0.383 e. The highest BCUT2D eigenvalue weighted by Gasteiger charge is 2.02. The average molecular weight is 339 g/mol. The molecular formula is C23H34N2. The Hall–Kier alpha value is -1.96. The summed E-state index contributed by atoms with van der Waals surface area (Å²) in [5, 5.41) is 7.04. The molecular weight excluding hydrogens is 304 g/mol. The number of benzene rings is 2. The molecule has 2 aromatic carbocycles. The highest BCUT2D eigenvalue weighted by atomic mass is 14.9. The lowest BCUT2D eigenvalue weighted by Crippen LogP contribution is -2.14. The topological polar surface area (TPSA) is 24.1 Å². The second-order valence-electron chi connectivity index (χ2n) is 7.02. The first kappa shape index (κ1) is 19.4. The van der Waals surface area contributed by atoms with Crippen LogP contribution in [0.15, 0.2) is 54.6 Å². The van der Waals surface area contributed by atoms with Crippen LogP contribution in [0.25, 0.3) is 0 Å². The zero-order chi connectivity index (χ0) is 17.7. The van der Waals surface area contributed by atoms with Crippen molar-refractivity contribution in [2.45, 2.75) is 71.3 Å². The Morgan fingerprint density at radius 3 is 1.92 bits per heavy atom. The van der Waals surface area contributed by atoms with Gasteiger partial charge in [0.2, 0.25) is 0 Å². The van der Waals surface area contributed by atoms with Crippen LogP contribution >= 0.6 is 0 Å². The first-order chi connectivity index (χ1) is 12.3. The van der Waals surface area contributed by atoms with E-state index in [4.69, 9.17) is 0 Å². The van der Waals surface area contributed by atoms with E-state index in [1.54, 1.807) is 0 Å². The van der Waals surface area contributed by atoms with E-state index in [0.29, 0.717) is 6.04 Å². The number of hydrogen-bond donors (Lipinski definition) is 2. The maximum Gasteiger partial charge on any atom is 0.0385 e. The Morgan fingerprint density at radius 1 is 0.680 bits per heavy atom. The molecule has 0 radical (unpaired) electrons. The quantitative estimate of drug-likeness (QED) is 0.395. The molecule has 0 aromatic heterocycles. The number of para-hydroxylation sites is 1. The lowest BCUT2D eigenvalue weighted by atomic mass is 10.1. The minimum Gasteiger partial charge on any atom is -0.383 e. The fourth-order valence-corrected chi connectivity index (χ4v) is 3.10. The summed E-state index contributed by atoms with van der Waals surface area (Å²) in [7, 11) is 0. The van der Waals surface area contributed by atoms with Crippen molar-refractivity contribution in [3.8, 4) is 0 Å². The van der Waals surface area contributed by atoms with E-state index in [2.05, 4.69) is 60.9 Å². The van der Waals surface area contributed by atoms with Gasteiger partial charge in [-0.15, -0.1) is 0 Å². The van der Waals surface area contributed by atoms with E-state index in [9.17, 15) is 0 Å². The third kappa shape index (κ3) is 8.11. The highest BCUT2D eigenvalue weighted by molar-refractivity contribution is 5.62. The molecule has 0 aliphatic heterocycles. The van der Waals surface area contributed by atoms with Gasteiger partial charge in [0.05, 0.1) is 0 Å². The molecule has 1 unspecified atom stereocenters. The molecule has 0 fully saturated rings. The van der Waals surface area contributed by atoms with Gasteiger partial charge >= 0.3 is 0 Å². The fraction of sp³-hybridized carbons (Fsp3) is 0.478. The summed E-state index contributed by atoms with van der Waals surface area (Å²) in [5.41, 5.74) is 3.45. The molecule has 0 saturated carbocycles. The van der Waals surface area contributed by atoms with Gasteiger partial charge < -0.3 is 10.6 Å². The summed E-state index contributed by atoms with van der Waals surface area (Å²) in [6.45, 7) is 4.56. The summed E-state index contributed by atoms with van der Waals surface area (Å²) < 4.78 is 0. The molecule has 0 amide bonds. The molecule has 1 atom stereocenters. The number of anilines is 3. The summed E-state index contributed by atoms with van der Waals surface area (Å²) >= 11 is 0. The number of hydrogen-bond acceptors (Lipinski definition) is 2. The monoisotopic (exact) mass is 338 g/mol. The van der Waals surface area contributed by atoms with Gasteiger partial charge in [-0.1, -0.05) is 70.1 Å². The molecule has 0 saturated heterocycles. The Labute approximate surface area is 154 Å². The molecule has 2 aromatic rings. The minimum atomic E-state index is 0.531. The van der Waals surface area contributed by atoms with Crippen LogP contribution in [-0.4, -0.2) is 6.04 Å². The van der Waals surface area contributed by atoms with Crippen molar-refractivity contribution in [2.75, 3.05) is 10.6 Å². The van der Waals surface area contributed by atoms with Crippen LogP contribution in [0.2, 0.25) is 0 Å². The van der Waals surface area contributed by atoms with Gasteiger partial charge in [-0.3, -0.25) is 0 Å². The molecule has 0 aliphatic carbocycles. The zero-order valence-corrected chi connectivity index (χ0v) is 15.9. The molecule has 0 bridgehead atoms. The van der Waals surface area contributed by atoms with E-state index < -0.39 is 0 Å². The Balaban J connectivity index is 1.64. The van der Waals surface area contributed by atoms with Gasteiger partial charge in [0.15, 0.2) is 0 Å². The van der Waals surface area contributed by atoms with Gasteiger partial charge in [-0.25, -0.2) is 0 Å². The number of rotatable bonds is 12. The molecule has 2 heteroatoms. The van der Waals surface area contributed by atoms with Gasteiger partial charge in [0.1, 0.15) is 0 Å². The number of unbranched alkanes of at least 4 members (excludes halogenated alkanes) is 6. The third-order valence-corrected chi connectivity index (χ3v) is 4.60. The molecule has 25 heavy (non-hydrogen) atoms.